The lowest BCUT2D eigenvalue weighted by Crippen LogP contribution is -2.46. The largest absolute Gasteiger partial charge is 0.380 e. The van der Waals surface area contributed by atoms with E-state index in [1.165, 1.54) is 51.4 Å². The van der Waals surface area contributed by atoms with Crippen molar-refractivity contribution in [1.29, 1.82) is 0 Å². The summed E-state index contributed by atoms with van der Waals surface area (Å²) in [5.74, 6) is 0.931. The third-order valence-electron chi connectivity index (χ3n) is 4.27. The van der Waals surface area contributed by atoms with Gasteiger partial charge in [-0.2, -0.15) is 0 Å². The molecule has 2 aliphatic rings. The summed E-state index contributed by atoms with van der Waals surface area (Å²) in [6.45, 7) is 4.23. The third-order valence-corrected chi connectivity index (χ3v) is 4.27. The van der Waals surface area contributed by atoms with Crippen molar-refractivity contribution in [3.05, 3.63) is 0 Å². The van der Waals surface area contributed by atoms with Crippen LogP contribution in [0.3, 0.4) is 0 Å². The lowest BCUT2D eigenvalue weighted by Gasteiger charge is -2.34. The van der Waals surface area contributed by atoms with Gasteiger partial charge in [0.2, 0.25) is 0 Å². The molecule has 2 atom stereocenters. The fraction of sp³-hybridized carbons (Fsp3) is 1.00. The lowest BCUT2D eigenvalue weighted by atomic mass is 9.82. The molecule has 1 saturated carbocycles. The van der Waals surface area contributed by atoms with Crippen molar-refractivity contribution in [3.8, 4) is 0 Å². The van der Waals surface area contributed by atoms with Gasteiger partial charge in [0.1, 0.15) is 0 Å². The Morgan fingerprint density at radius 3 is 2.56 bits per heavy atom. The Morgan fingerprint density at radius 1 is 1.12 bits per heavy atom. The minimum Gasteiger partial charge on any atom is -0.380 e. The van der Waals surface area contributed by atoms with Crippen LogP contribution >= 0.6 is 0 Å². The van der Waals surface area contributed by atoms with Gasteiger partial charge in [0.25, 0.3) is 0 Å². The van der Waals surface area contributed by atoms with Crippen LogP contribution in [0.25, 0.3) is 0 Å². The van der Waals surface area contributed by atoms with Crippen LogP contribution in [0, 0.1) is 5.92 Å². The SMILES string of the molecule is CCC(NC1CCCOC1)C1CCCCC1. The highest BCUT2D eigenvalue weighted by molar-refractivity contribution is 4.82. The summed E-state index contributed by atoms with van der Waals surface area (Å²) >= 11 is 0. The molecular formula is C14H27NO. The molecule has 0 bridgehead atoms. The van der Waals surface area contributed by atoms with Crippen molar-refractivity contribution < 1.29 is 4.74 Å². The van der Waals surface area contributed by atoms with Crippen LogP contribution in [0.1, 0.15) is 58.3 Å². The van der Waals surface area contributed by atoms with E-state index < -0.39 is 0 Å². The first-order valence-electron chi connectivity index (χ1n) is 7.24. The Kier molecular flexibility index (Phi) is 5.11. The second-order valence-corrected chi connectivity index (χ2v) is 5.49. The maximum Gasteiger partial charge on any atom is 0.0619 e. The predicted molar refractivity (Wildman–Crippen MR) is 67.6 cm³/mol. The van der Waals surface area contributed by atoms with Crippen molar-refractivity contribution in [1.82, 2.24) is 5.32 Å². The Balaban J connectivity index is 1.78. The first-order chi connectivity index (χ1) is 7.90. The van der Waals surface area contributed by atoms with Crippen molar-refractivity contribution >= 4 is 0 Å². The number of hydrogen-bond donors (Lipinski definition) is 1. The van der Waals surface area contributed by atoms with Crippen LogP contribution in [0.5, 0.6) is 0 Å². The Bertz CT molecular complexity index is 183. The molecule has 1 heterocycles. The maximum atomic E-state index is 5.55. The Labute approximate surface area is 100 Å². The molecule has 2 rings (SSSR count). The fourth-order valence-electron chi connectivity index (χ4n) is 3.30. The molecule has 0 aromatic heterocycles. The minimum absolute atomic E-state index is 0.626. The molecule has 2 heteroatoms. The Hall–Kier alpha value is -0.0800. The fourth-order valence-corrected chi connectivity index (χ4v) is 3.30. The average Bonchev–Trinajstić information content (AvgIpc) is 2.38. The standard InChI is InChI=1S/C14H27NO/c1-2-14(12-7-4-3-5-8-12)15-13-9-6-10-16-11-13/h12-15H,2-11H2,1H3. The summed E-state index contributed by atoms with van der Waals surface area (Å²) in [7, 11) is 0. The van der Waals surface area contributed by atoms with Gasteiger partial charge in [0, 0.05) is 18.7 Å². The van der Waals surface area contributed by atoms with Gasteiger partial charge in [-0.3, -0.25) is 0 Å². The molecule has 2 nitrogen and oxygen atoms in total. The van der Waals surface area contributed by atoms with Gasteiger partial charge in [0.05, 0.1) is 6.61 Å². The van der Waals surface area contributed by atoms with Gasteiger partial charge < -0.3 is 10.1 Å². The van der Waals surface area contributed by atoms with Gasteiger partial charge in [-0.15, -0.1) is 0 Å². The summed E-state index contributed by atoms with van der Waals surface area (Å²) in [4.78, 5) is 0. The summed E-state index contributed by atoms with van der Waals surface area (Å²) in [5.41, 5.74) is 0. The van der Waals surface area contributed by atoms with Crippen LogP contribution in [0.15, 0.2) is 0 Å². The van der Waals surface area contributed by atoms with Crippen molar-refractivity contribution in [3.63, 3.8) is 0 Å². The van der Waals surface area contributed by atoms with E-state index in [0.717, 1.165) is 25.2 Å². The molecule has 0 radical (unpaired) electrons. The lowest BCUT2D eigenvalue weighted by molar-refractivity contribution is 0.0609. The van der Waals surface area contributed by atoms with E-state index in [1.807, 2.05) is 0 Å². The van der Waals surface area contributed by atoms with E-state index in [-0.39, 0.29) is 0 Å². The normalized spacial score (nSPS) is 30.2. The van der Waals surface area contributed by atoms with E-state index >= 15 is 0 Å². The smallest absolute Gasteiger partial charge is 0.0619 e. The first kappa shape index (κ1) is 12.4. The van der Waals surface area contributed by atoms with Crippen LogP contribution in [0.2, 0.25) is 0 Å². The van der Waals surface area contributed by atoms with Gasteiger partial charge in [-0.05, 0) is 38.0 Å². The van der Waals surface area contributed by atoms with Crippen LogP contribution in [-0.4, -0.2) is 25.3 Å². The number of ether oxygens (including phenoxy) is 1. The van der Waals surface area contributed by atoms with E-state index in [2.05, 4.69) is 12.2 Å². The second-order valence-electron chi connectivity index (χ2n) is 5.49. The maximum absolute atomic E-state index is 5.55. The highest BCUT2D eigenvalue weighted by Crippen LogP contribution is 2.28. The van der Waals surface area contributed by atoms with Crippen molar-refractivity contribution in [2.75, 3.05) is 13.2 Å². The zero-order valence-electron chi connectivity index (χ0n) is 10.7. The zero-order chi connectivity index (χ0) is 11.2. The summed E-state index contributed by atoms with van der Waals surface area (Å²) in [6.07, 6.45) is 11.1. The molecule has 16 heavy (non-hydrogen) atoms. The molecule has 94 valence electrons. The molecule has 2 fully saturated rings. The summed E-state index contributed by atoms with van der Waals surface area (Å²) < 4.78 is 5.55. The summed E-state index contributed by atoms with van der Waals surface area (Å²) in [5, 5.41) is 3.85. The predicted octanol–water partition coefficient (Wildman–Crippen LogP) is 3.11. The minimum atomic E-state index is 0.626. The van der Waals surface area contributed by atoms with Gasteiger partial charge in [0.15, 0.2) is 0 Å². The van der Waals surface area contributed by atoms with Crippen molar-refractivity contribution in [2.24, 2.45) is 5.92 Å². The van der Waals surface area contributed by atoms with Gasteiger partial charge in [-0.1, -0.05) is 26.2 Å². The topological polar surface area (TPSA) is 21.3 Å². The zero-order valence-corrected chi connectivity index (χ0v) is 10.7. The van der Waals surface area contributed by atoms with E-state index in [1.54, 1.807) is 0 Å². The molecule has 1 N–H and O–H groups in total. The molecule has 0 spiro atoms. The van der Waals surface area contributed by atoms with Crippen LogP contribution < -0.4 is 5.32 Å². The number of hydrogen-bond acceptors (Lipinski definition) is 2. The molecular weight excluding hydrogens is 198 g/mol. The highest BCUT2D eigenvalue weighted by atomic mass is 16.5. The quantitative estimate of drug-likeness (QED) is 0.794. The molecule has 0 aromatic carbocycles. The van der Waals surface area contributed by atoms with Gasteiger partial charge >= 0.3 is 0 Å². The van der Waals surface area contributed by atoms with Crippen LogP contribution in [0.4, 0.5) is 0 Å². The molecule has 1 aliphatic heterocycles. The van der Waals surface area contributed by atoms with E-state index in [0.29, 0.717) is 6.04 Å². The van der Waals surface area contributed by atoms with Crippen LogP contribution in [-0.2, 0) is 4.74 Å². The van der Waals surface area contributed by atoms with Crippen molar-refractivity contribution in [2.45, 2.75) is 70.4 Å². The molecule has 1 aliphatic carbocycles. The molecule has 0 amide bonds. The highest BCUT2D eigenvalue weighted by Gasteiger charge is 2.25. The second kappa shape index (κ2) is 6.61. The molecule has 2 unspecified atom stereocenters. The first-order valence-corrected chi connectivity index (χ1v) is 7.24. The number of nitrogens with one attached hydrogen (secondary N) is 1. The monoisotopic (exact) mass is 225 g/mol. The summed E-state index contributed by atoms with van der Waals surface area (Å²) in [6, 6.07) is 1.37. The number of rotatable bonds is 4. The van der Waals surface area contributed by atoms with Gasteiger partial charge in [-0.25, -0.2) is 0 Å². The molecule has 1 saturated heterocycles. The van der Waals surface area contributed by atoms with E-state index in [9.17, 15) is 0 Å². The third kappa shape index (κ3) is 3.46. The Morgan fingerprint density at radius 2 is 1.94 bits per heavy atom. The van der Waals surface area contributed by atoms with E-state index in [4.69, 9.17) is 4.74 Å². The molecule has 0 aromatic rings. The average molecular weight is 225 g/mol.